The van der Waals surface area contributed by atoms with Gasteiger partial charge in [0.15, 0.2) is 0 Å². The zero-order valence-electron chi connectivity index (χ0n) is 14.4. The molecule has 0 aliphatic carbocycles. The van der Waals surface area contributed by atoms with Crippen molar-refractivity contribution in [1.29, 1.82) is 5.26 Å². The van der Waals surface area contributed by atoms with Gasteiger partial charge in [-0.05, 0) is 36.6 Å². The summed E-state index contributed by atoms with van der Waals surface area (Å²) in [6.07, 6.45) is 2.64. The lowest BCUT2D eigenvalue weighted by Crippen LogP contribution is -2.39. The molecule has 6 heteroatoms. The van der Waals surface area contributed by atoms with Gasteiger partial charge < -0.3 is 9.84 Å². The maximum Gasteiger partial charge on any atom is 0.125 e. The van der Waals surface area contributed by atoms with Gasteiger partial charge in [-0.25, -0.2) is 9.97 Å². The Balaban J connectivity index is 1.48. The van der Waals surface area contributed by atoms with E-state index in [0.717, 1.165) is 36.6 Å². The topological polar surface area (TPSA) is 82.3 Å². The van der Waals surface area contributed by atoms with Crippen LogP contribution in [0.3, 0.4) is 0 Å². The highest BCUT2D eigenvalue weighted by Gasteiger charge is 2.20. The predicted octanol–water partition coefficient (Wildman–Crippen LogP) is 1.65. The molecule has 0 saturated carbocycles. The Labute approximate surface area is 147 Å². The average molecular weight is 338 g/mol. The summed E-state index contributed by atoms with van der Waals surface area (Å²) < 4.78 is 5.65. The first-order chi connectivity index (χ1) is 12.1. The van der Waals surface area contributed by atoms with Crippen LogP contribution in [0.2, 0.25) is 0 Å². The Kier molecular flexibility index (Phi) is 5.59. The SMILES string of the molecule is Cc1ncc2c(n1)CN(CC(O)COc1ccc(CC#N)cc1)CC2. The molecule has 0 radical (unpaired) electrons. The van der Waals surface area contributed by atoms with Crippen molar-refractivity contribution in [2.24, 2.45) is 0 Å². The molecule has 1 aromatic heterocycles. The first-order valence-corrected chi connectivity index (χ1v) is 8.44. The van der Waals surface area contributed by atoms with Crippen molar-refractivity contribution < 1.29 is 9.84 Å². The summed E-state index contributed by atoms with van der Waals surface area (Å²) in [6, 6.07) is 9.51. The standard InChI is InChI=1S/C19H22N4O2/c1-14-21-10-16-7-9-23(12-19(16)22-14)11-17(24)13-25-18-4-2-15(3-5-18)6-8-20/h2-5,10,17,24H,6-7,9,11-13H2,1H3. The van der Waals surface area contributed by atoms with Gasteiger partial charge in [0.1, 0.15) is 24.3 Å². The predicted molar refractivity (Wildman–Crippen MR) is 93.0 cm³/mol. The Hall–Kier alpha value is -2.49. The smallest absolute Gasteiger partial charge is 0.125 e. The summed E-state index contributed by atoms with van der Waals surface area (Å²) in [7, 11) is 0. The fourth-order valence-corrected chi connectivity index (χ4v) is 2.95. The summed E-state index contributed by atoms with van der Waals surface area (Å²) in [5.74, 6) is 1.48. The molecule has 1 atom stereocenters. The number of fused-ring (bicyclic) bond motifs is 1. The van der Waals surface area contributed by atoms with Gasteiger partial charge in [-0.3, -0.25) is 4.90 Å². The summed E-state index contributed by atoms with van der Waals surface area (Å²) in [5.41, 5.74) is 3.21. The molecule has 25 heavy (non-hydrogen) atoms. The highest BCUT2D eigenvalue weighted by molar-refractivity contribution is 5.28. The van der Waals surface area contributed by atoms with Crippen molar-refractivity contribution >= 4 is 0 Å². The van der Waals surface area contributed by atoms with Crippen LogP contribution in [0.1, 0.15) is 22.6 Å². The van der Waals surface area contributed by atoms with Gasteiger partial charge in [0, 0.05) is 25.8 Å². The first-order valence-electron chi connectivity index (χ1n) is 8.44. The van der Waals surface area contributed by atoms with E-state index in [9.17, 15) is 5.11 Å². The minimum atomic E-state index is -0.566. The van der Waals surface area contributed by atoms with Gasteiger partial charge in [-0.2, -0.15) is 5.26 Å². The van der Waals surface area contributed by atoms with Gasteiger partial charge in [0.05, 0.1) is 18.2 Å². The maximum absolute atomic E-state index is 10.3. The zero-order valence-corrected chi connectivity index (χ0v) is 14.4. The molecule has 0 spiro atoms. The summed E-state index contributed by atoms with van der Waals surface area (Å²) in [4.78, 5) is 10.9. The van der Waals surface area contributed by atoms with Crippen LogP contribution in [-0.2, 0) is 19.4 Å². The number of nitrogens with zero attached hydrogens (tertiary/aromatic N) is 4. The van der Waals surface area contributed by atoms with Crippen molar-refractivity contribution in [3.8, 4) is 11.8 Å². The second-order valence-electron chi connectivity index (χ2n) is 6.32. The molecule has 3 rings (SSSR count). The lowest BCUT2D eigenvalue weighted by Gasteiger charge is -2.29. The Morgan fingerprint density at radius 3 is 2.92 bits per heavy atom. The lowest BCUT2D eigenvalue weighted by atomic mass is 10.1. The van der Waals surface area contributed by atoms with E-state index in [2.05, 4.69) is 20.9 Å². The Morgan fingerprint density at radius 2 is 2.16 bits per heavy atom. The molecule has 1 N–H and O–H groups in total. The van der Waals surface area contributed by atoms with Crippen molar-refractivity contribution in [2.75, 3.05) is 19.7 Å². The zero-order chi connectivity index (χ0) is 17.6. The number of benzene rings is 1. The number of rotatable bonds is 6. The number of β-amino-alcohol motifs (C(OH)–C–C–N with tert-alkyl or cyclic N) is 1. The molecule has 6 nitrogen and oxygen atoms in total. The molecule has 0 bridgehead atoms. The largest absolute Gasteiger partial charge is 0.491 e. The van der Waals surface area contributed by atoms with Gasteiger partial charge in [-0.15, -0.1) is 0 Å². The van der Waals surface area contributed by atoms with Crippen LogP contribution in [0, 0.1) is 18.3 Å². The number of aryl methyl sites for hydroxylation is 1. The van der Waals surface area contributed by atoms with Crippen LogP contribution in [-0.4, -0.2) is 45.8 Å². The van der Waals surface area contributed by atoms with Crippen molar-refractivity contribution in [2.45, 2.75) is 32.4 Å². The van der Waals surface area contributed by atoms with E-state index >= 15 is 0 Å². The van der Waals surface area contributed by atoms with Crippen LogP contribution in [0.15, 0.2) is 30.5 Å². The normalized spacial score (nSPS) is 15.2. The quantitative estimate of drug-likeness (QED) is 0.862. The molecular formula is C19H22N4O2. The Morgan fingerprint density at radius 1 is 1.36 bits per heavy atom. The monoisotopic (exact) mass is 338 g/mol. The highest BCUT2D eigenvalue weighted by atomic mass is 16.5. The van der Waals surface area contributed by atoms with Crippen molar-refractivity contribution in [3.63, 3.8) is 0 Å². The fraction of sp³-hybridized carbons (Fsp3) is 0.421. The van der Waals surface area contributed by atoms with Crippen LogP contribution in [0.4, 0.5) is 0 Å². The third-order valence-corrected chi connectivity index (χ3v) is 4.26. The first kappa shape index (κ1) is 17.3. The molecule has 2 aromatic rings. The Bertz CT molecular complexity index is 755. The minimum absolute atomic E-state index is 0.240. The van der Waals surface area contributed by atoms with E-state index in [-0.39, 0.29) is 6.61 Å². The third-order valence-electron chi connectivity index (χ3n) is 4.26. The lowest BCUT2D eigenvalue weighted by molar-refractivity contribution is 0.0631. The van der Waals surface area contributed by atoms with E-state index in [1.807, 2.05) is 37.4 Å². The molecule has 0 fully saturated rings. The van der Waals surface area contributed by atoms with Crippen LogP contribution < -0.4 is 4.74 Å². The number of aliphatic hydroxyl groups is 1. The molecule has 1 aromatic carbocycles. The van der Waals surface area contributed by atoms with Gasteiger partial charge in [-0.1, -0.05) is 12.1 Å². The number of ether oxygens (including phenoxy) is 1. The van der Waals surface area contributed by atoms with E-state index in [1.54, 1.807) is 0 Å². The van der Waals surface area contributed by atoms with E-state index in [4.69, 9.17) is 10.00 Å². The second kappa shape index (κ2) is 8.06. The molecule has 0 amide bonds. The molecule has 1 aliphatic rings. The maximum atomic E-state index is 10.3. The summed E-state index contributed by atoms with van der Waals surface area (Å²) >= 11 is 0. The molecule has 2 heterocycles. The number of aliphatic hydroxyl groups excluding tert-OH is 1. The second-order valence-corrected chi connectivity index (χ2v) is 6.32. The van der Waals surface area contributed by atoms with Crippen molar-refractivity contribution in [3.05, 3.63) is 53.1 Å². The van der Waals surface area contributed by atoms with Crippen LogP contribution in [0.25, 0.3) is 0 Å². The van der Waals surface area contributed by atoms with Crippen molar-refractivity contribution in [1.82, 2.24) is 14.9 Å². The average Bonchev–Trinajstić information content (AvgIpc) is 2.61. The number of nitriles is 1. The van der Waals surface area contributed by atoms with Gasteiger partial charge in [0.2, 0.25) is 0 Å². The molecule has 1 aliphatic heterocycles. The minimum Gasteiger partial charge on any atom is -0.491 e. The number of aromatic nitrogens is 2. The third kappa shape index (κ3) is 4.75. The van der Waals surface area contributed by atoms with E-state index < -0.39 is 6.10 Å². The van der Waals surface area contributed by atoms with Crippen LogP contribution >= 0.6 is 0 Å². The van der Waals surface area contributed by atoms with Gasteiger partial charge in [0.25, 0.3) is 0 Å². The summed E-state index contributed by atoms with van der Waals surface area (Å²) in [5, 5.41) is 18.9. The molecular weight excluding hydrogens is 316 g/mol. The molecule has 130 valence electrons. The molecule has 1 unspecified atom stereocenters. The van der Waals surface area contributed by atoms with E-state index in [1.165, 1.54) is 5.56 Å². The number of hydrogen-bond donors (Lipinski definition) is 1. The van der Waals surface area contributed by atoms with E-state index in [0.29, 0.717) is 18.7 Å². The summed E-state index contributed by atoms with van der Waals surface area (Å²) in [6.45, 7) is 4.31. The van der Waals surface area contributed by atoms with Gasteiger partial charge >= 0.3 is 0 Å². The molecule has 0 saturated heterocycles. The fourth-order valence-electron chi connectivity index (χ4n) is 2.95. The van der Waals surface area contributed by atoms with Crippen LogP contribution in [0.5, 0.6) is 5.75 Å². The number of hydrogen-bond acceptors (Lipinski definition) is 6. The highest BCUT2D eigenvalue weighted by Crippen LogP contribution is 2.17.